The number of ether oxygens (including phenoxy) is 2. The van der Waals surface area contributed by atoms with E-state index in [-0.39, 0.29) is 11.3 Å². The molecule has 0 radical (unpaired) electrons. The predicted molar refractivity (Wildman–Crippen MR) is 164 cm³/mol. The van der Waals surface area contributed by atoms with E-state index >= 15 is 0 Å². The van der Waals surface area contributed by atoms with Gasteiger partial charge in [-0.2, -0.15) is 4.98 Å². The molecular weight excluding hydrogens is 536 g/mol. The molecule has 3 aliphatic rings. The zero-order valence-electron chi connectivity index (χ0n) is 24.8. The van der Waals surface area contributed by atoms with E-state index in [2.05, 4.69) is 78.3 Å². The van der Waals surface area contributed by atoms with E-state index in [1.165, 1.54) is 5.57 Å². The highest BCUT2D eigenvalue weighted by atomic mass is 32.1. The molecule has 41 heavy (non-hydrogen) atoms. The minimum Gasteiger partial charge on any atom is -0.471 e. The molecule has 1 unspecified atom stereocenters. The number of aromatic nitrogens is 3. The summed E-state index contributed by atoms with van der Waals surface area (Å²) in [5.74, 6) is 1.61. The van der Waals surface area contributed by atoms with Crippen LogP contribution in [-0.2, 0) is 9.53 Å². The highest BCUT2D eigenvalue weighted by molar-refractivity contribution is 7.16. The average molecular weight is 579 g/mol. The van der Waals surface area contributed by atoms with Crippen LogP contribution in [0.25, 0.3) is 5.57 Å². The number of carbonyl (C=O) groups is 1. The summed E-state index contributed by atoms with van der Waals surface area (Å²) in [7, 11) is 0. The standard InChI is InChI=1S/C31H42N6O3S/c1-21-7-8-24(16-22(15-21)25-17-34-29(41-25)37-13-6-11-32-26(38)18-37)35-28-33-12-9-27(36-28)40-31(4,5)20-30(2,3)23-10-14-39-19-23/h8-9,12,15-17,23H,6-7,10-11,13-14,18-20H2,1-5H3,(H,32,38)(H,33,35,36). The summed E-state index contributed by atoms with van der Waals surface area (Å²) >= 11 is 1.61. The summed E-state index contributed by atoms with van der Waals surface area (Å²) in [5.41, 5.74) is 2.92. The number of allylic oxidation sites excluding steroid dienone is 5. The summed E-state index contributed by atoms with van der Waals surface area (Å²) in [6.45, 7) is 14.5. The second kappa shape index (κ2) is 12.3. The normalized spacial score (nSPS) is 20.4. The van der Waals surface area contributed by atoms with Crippen molar-refractivity contribution < 1.29 is 14.3 Å². The lowest BCUT2D eigenvalue weighted by Gasteiger charge is -2.38. The Kier molecular flexibility index (Phi) is 8.79. The second-order valence-electron chi connectivity index (χ2n) is 12.5. The smallest absolute Gasteiger partial charge is 0.239 e. The molecule has 2 aromatic rings. The second-order valence-corrected chi connectivity index (χ2v) is 13.5. The lowest BCUT2D eigenvalue weighted by molar-refractivity contribution is -0.119. The number of anilines is 2. The van der Waals surface area contributed by atoms with E-state index in [1.807, 2.05) is 12.3 Å². The van der Waals surface area contributed by atoms with Gasteiger partial charge in [0.15, 0.2) is 5.13 Å². The zero-order valence-corrected chi connectivity index (χ0v) is 25.6. The van der Waals surface area contributed by atoms with Gasteiger partial charge in [-0.1, -0.05) is 42.9 Å². The number of nitrogens with zero attached hydrogens (tertiary/aromatic N) is 4. The first-order valence-corrected chi connectivity index (χ1v) is 15.3. The molecule has 1 amide bonds. The van der Waals surface area contributed by atoms with Crippen LogP contribution in [0.5, 0.6) is 5.88 Å². The van der Waals surface area contributed by atoms with Gasteiger partial charge in [0.1, 0.15) is 5.60 Å². The average Bonchev–Trinajstić information content (AvgIpc) is 3.54. The van der Waals surface area contributed by atoms with Crippen molar-refractivity contribution >= 4 is 33.9 Å². The van der Waals surface area contributed by atoms with Crippen LogP contribution in [0.2, 0.25) is 0 Å². The molecule has 0 saturated carbocycles. The first-order valence-electron chi connectivity index (χ1n) is 14.5. The molecule has 220 valence electrons. The number of amides is 1. The van der Waals surface area contributed by atoms with Gasteiger partial charge in [-0.05, 0) is 69.4 Å². The Morgan fingerprint density at radius 3 is 2.90 bits per heavy atom. The Labute approximate surface area is 247 Å². The van der Waals surface area contributed by atoms with E-state index in [0.29, 0.717) is 30.8 Å². The third-order valence-electron chi connectivity index (χ3n) is 7.85. The van der Waals surface area contributed by atoms with E-state index in [9.17, 15) is 4.79 Å². The maximum Gasteiger partial charge on any atom is 0.239 e. The first kappa shape index (κ1) is 29.3. The molecule has 2 N–H and O–H groups in total. The van der Waals surface area contributed by atoms with Crippen LogP contribution in [0.3, 0.4) is 0 Å². The zero-order chi connectivity index (χ0) is 29.0. The van der Waals surface area contributed by atoms with Crippen molar-refractivity contribution in [1.29, 1.82) is 0 Å². The fraction of sp³-hybridized carbons (Fsp3) is 0.548. The van der Waals surface area contributed by atoms with Crippen molar-refractivity contribution in [2.75, 3.05) is 43.1 Å². The molecule has 2 aliphatic heterocycles. The number of thiazole rings is 1. The van der Waals surface area contributed by atoms with Crippen LogP contribution in [0.1, 0.15) is 65.2 Å². The van der Waals surface area contributed by atoms with E-state index in [4.69, 9.17) is 14.5 Å². The van der Waals surface area contributed by atoms with E-state index in [1.54, 1.807) is 17.5 Å². The molecule has 10 heteroatoms. The third kappa shape index (κ3) is 7.74. The predicted octanol–water partition coefficient (Wildman–Crippen LogP) is 5.60. The van der Waals surface area contributed by atoms with Gasteiger partial charge in [-0.15, -0.1) is 0 Å². The van der Waals surface area contributed by atoms with Gasteiger partial charge in [-0.3, -0.25) is 4.79 Å². The molecule has 5 rings (SSSR count). The molecule has 1 atom stereocenters. The van der Waals surface area contributed by atoms with Gasteiger partial charge >= 0.3 is 0 Å². The number of carbonyl (C=O) groups excluding carboxylic acids is 1. The molecular formula is C31H42N6O3S. The van der Waals surface area contributed by atoms with E-state index < -0.39 is 5.60 Å². The highest BCUT2D eigenvalue weighted by Gasteiger charge is 2.38. The summed E-state index contributed by atoms with van der Waals surface area (Å²) in [5, 5.41) is 7.19. The SMILES string of the molecule is CC1=CC(c2cnc(N3CCCNC(=O)C3)s2)=CC(Nc2nccc(OC(C)(C)CC(C)(C)C3CCOC3)n2)=CC1. The van der Waals surface area contributed by atoms with Crippen molar-refractivity contribution in [1.82, 2.24) is 20.3 Å². The fourth-order valence-electron chi connectivity index (χ4n) is 5.91. The summed E-state index contributed by atoms with van der Waals surface area (Å²) < 4.78 is 12.1. The largest absolute Gasteiger partial charge is 0.471 e. The Bertz CT molecular complexity index is 1340. The molecule has 0 bridgehead atoms. The van der Waals surface area contributed by atoms with Crippen molar-refractivity contribution in [2.45, 2.75) is 65.9 Å². The molecule has 4 heterocycles. The van der Waals surface area contributed by atoms with Crippen LogP contribution in [-0.4, -0.2) is 59.3 Å². The minimum atomic E-state index is -0.397. The lowest BCUT2D eigenvalue weighted by Crippen LogP contribution is -2.38. The fourth-order valence-corrected chi connectivity index (χ4v) is 6.83. The van der Waals surface area contributed by atoms with Gasteiger partial charge in [0.05, 0.1) is 11.4 Å². The van der Waals surface area contributed by atoms with Crippen molar-refractivity contribution in [2.24, 2.45) is 11.3 Å². The number of hydrogen-bond donors (Lipinski definition) is 2. The van der Waals surface area contributed by atoms with Crippen LogP contribution in [0.4, 0.5) is 11.1 Å². The highest BCUT2D eigenvalue weighted by Crippen LogP contribution is 2.41. The molecule has 2 saturated heterocycles. The number of rotatable bonds is 9. The number of hydrogen-bond acceptors (Lipinski definition) is 9. The van der Waals surface area contributed by atoms with Crippen LogP contribution in [0.15, 0.2) is 48.0 Å². The number of nitrogens with one attached hydrogen (secondary N) is 2. The van der Waals surface area contributed by atoms with Crippen molar-refractivity contribution in [3.63, 3.8) is 0 Å². The lowest BCUT2D eigenvalue weighted by atomic mass is 9.72. The summed E-state index contributed by atoms with van der Waals surface area (Å²) in [6, 6.07) is 1.81. The first-order chi connectivity index (χ1) is 19.6. The molecule has 9 nitrogen and oxygen atoms in total. The Hall–Kier alpha value is -3.24. The third-order valence-corrected chi connectivity index (χ3v) is 8.96. The molecule has 2 aromatic heterocycles. The topological polar surface area (TPSA) is 102 Å². The van der Waals surface area contributed by atoms with Gasteiger partial charge in [0, 0.05) is 50.5 Å². The van der Waals surface area contributed by atoms with Crippen molar-refractivity contribution in [3.8, 4) is 5.88 Å². The van der Waals surface area contributed by atoms with Crippen molar-refractivity contribution in [3.05, 3.63) is 52.8 Å². The molecule has 0 aromatic carbocycles. The molecule has 1 aliphatic carbocycles. The van der Waals surface area contributed by atoms with Crippen LogP contribution >= 0.6 is 11.3 Å². The Balaban J connectivity index is 1.28. The maximum atomic E-state index is 12.1. The van der Waals surface area contributed by atoms with Gasteiger partial charge in [0.2, 0.25) is 17.7 Å². The quantitative estimate of drug-likeness (QED) is 0.397. The van der Waals surface area contributed by atoms with E-state index in [0.717, 1.165) is 66.7 Å². The van der Waals surface area contributed by atoms with Crippen LogP contribution < -0.4 is 20.3 Å². The van der Waals surface area contributed by atoms with Gasteiger partial charge < -0.3 is 25.0 Å². The molecule has 2 fully saturated rings. The molecule has 0 spiro atoms. The monoisotopic (exact) mass is 578 g/mol. The van der Waals surface area contributed by atoms with Crippen LogP contribution in [0, 0.1) is 11.3 Å². The van der Waals surface area contributed by atoms with Gasteiger partial charge in [0.25, 0.3) is 0 Å². The summed E-state index contributed by atoms with van der Waals surface area (Å²) in [4.78, 5) is 29.0. The van der Waals surface area contributed by atoms with Gasteiger partial charge in [-0.25, -0.2) is 9.97 Å². The Morgan fingerprint density at radius 2 is 2.10 bits per heavy atom. The minimum absolute atomic E-state index is 0.0415. The Morgan fingerprint density at radius 1 is 1.24 bits per heavy atom. The maximum absolute atomic E-state index is 12.1. The summed E-state index contributed by atoms with van der Waals surface area (Å²) in [6.07, 6.45) is 13.8.